The third kappa shape index (κ3) is 3.34. The molecule has 0 aliphatic carbocycles. The number of aliphatic hydroxyl groups is 3. The summed E-state index contributed by atoms with van der Waals surface area (Å²) in [6.45, 7) is -0.468. The van der Waals surface area contributed by atoms with Crippen LogP contribution in [0.15, 0.2) is 52.9 Å². The van der Waals surface area contributed by atoms with Crippen molar-refractivity contribution in [3.05, 3.63) is 48.5 Å². The molecular weight excluding hydrogens is 368 g/mol. The number of hydrogen-bond donors (Lipinski definition) is 5. The smallest absolute Gasteiger partial charge is 0.402 e. The van der Waals surface area contributed by atoms with Gasteiger partial charge in [0.2, 0.25) is 12.0 Å². The second-order valence-electron chi connectivity index (χ2n) is 6.53. The van der Waals surface area contributed by atoms with Crippen LogP contribution in [-0.4, -0.2) is 56.7 Å². The van der Waals surface area contributed by atoms with Crippen LogP contribution in [0, 0.1) is 0 Å². The van der Waals surface area contributed by atoms with E-state index in [4.69, 9.17) is 13.9 Å². The minimum atomic E-state index is -1.36. The predicted octanol–water partition coefficient (Wildman–Crippen LogP) is 1.61. The van der Waals surface area contributed by atoms with E-state index in [1.54, 1.807) is 24.3 Å². The third-order valence-corrected chi connectivity index (χ3v) is 4.59. The molecule has 1 aliphatic rings. The summed E-state index contributed by atoms with van der Waals surface area (Å²) in [5.74, 6) is 0.604. The van der Waals surface area contributed by atoms with Gasteiger partial charge in [0.05, 0.1) is 23.6 Å². The van der Waals surface area contributed by atoms with Crippen LogP contribution in [0.4, 0.5) is 0 Å². The fourth-order valence-electron chi connectivity index (χ4n) is 3.09. The second-order valence-corrected chi connectivity index (χ2v) is 6.53. The lowest BCUT2D eigenvalue weighted by atomic mass is 10.1. The van der Waals surface area contributed by atoms with Crippen molar-refractivity contribution in [2.75, 3.05) is 6.61 Å². The Kier molecular flexibility index (Phi) is 4.78. The maximum atomic E-state index is 10.2. The van der Waals surface area contributed by atoms with Crippen molar-refractivity contribution in [2.45, 2.75) is 24.6 Å². The molecule has 1 saturated heterocycles. The number of ether oxygens (including phenoxy) is 2. The Hall–Kier alpha value is -2.91. The average molecular weight is 387 g/mol. The van der Waals surface area contributed by atoms with E-state index in [-0.39, 0.29) is 23.0 Å². The summed E-state index contributed by atoms with van der Waals surface area (Å²) in [4.78, 5) is 0. The molecule has 0 saturated carbocycles. The van der Waals surface area contributed by atoms with Gasteiger partial charge < -0.3 is 35.0 Å². The van der Waals surface area contributed by atoms with E-state index in [2.05, 4.69) is 0 Å². The predicted molar refractivity (Wildman–Crippen MR) is 97.8 cm³/mol. The zero-order valence-corrected chi connectivity index (χ0v) is 14.6. The van der Waals surface area contributed by atoms with Gasteiger partial charge >= 0.3 is 11.3 Å². The van der Waals surface area contributed by atoms with Gasteiger partial charge in [0.15, 0.2) is 0 Å². The van der Waals surface area contributed by atoms with Gasteiger partial charge in [-0.05, 0) is 36.4 Å². The normalized spacial score (nSPS) is 24.5. The molecule has 4 atom stereocenters. The first kappa shape index (κ1) is 18.5. The van der Waals surface area contributed by atoms with Gasteiger partial charge in [-0.2, -0.15) is 0 Å². The molecule has 0 spiro atoms. The first-order chi connectivity index (χ1) is 13.5. The minimum Gasteiger partial charge on any atom is -0.508 e. The fraction of sp³-hybridized carbons (Fsp3) is 0.250. The van der Waals surface area contributed by atoms with Crippen LogP contribution < -0.4 is 4.74 Å². The summed E-state index contributed by atoms with van der Waals surface area (Å²) >= 11 is 0. The summed E-state index contributed by atoms with van der Waals surface area (Å²) in [6, 6.07) is 12.4. The average Bonchev–Trinajstić information content (AvgIpc) is 2.96. The number of phenols is 2. The highest BCUT2D eigenvalue weighted by atomic mass is 16.7. The Bertz CT molecular complexity index is 987. The molecule has 8 nitrogen and oxygen atoms in total. The zero-order valence-electron chi connectivity index (χ0n) is 14.6. The van der Waals surface area contributed by atoms with E-state index in [0.29, 0.717) is 16.5 Å². The summed E-state index contributed by atoms with van der Waals surface area (Å²) < 4.78 is 17.1. The molecule has 0 bridgehead atoms. The molecule has 146 valence electrons. The van der Waals surface area contributed by atoms with Crippen LogP contribution in [0.1, 0.15) is 0 Å². The molecule has 28 heavy (non-hydrogen) atoms. The van der Waals surface area contributed by atoms with Crippen molar-refractivity contribution in [1.29, 1.82) is 0 Å². The lowest BCUT2D eigenvalue weighted by Gasteiger charge is -2.16. The lowest BCUT2D eigenvalue weighted by molar-refractivity contribution is -0.116. The Labute approximate surface area is 159 Å². The molecule has 1 aromatic heterocycles. The Morgan fingerprint density at radius 1 is 0.929 bits per heavy atom. The van der Waals surface area contributed by atoms with Crippen molar-refractivity contribution < 1.29 is 39.4 Å². The first-order valence-corrected chi connectivity index (χ1v) is 8.64. The van der Waals surface area contributed by atoms with E-state index in [9.17, 15) is 25.5 Å². The van der Waals surface area contributed by atoms with Gasteiger partial charge in [-0.15, -0.1) is 0 Å². The Morgan fingerprint density at radius 2 is 1.64 bits per heavy atom. The number of aromatic hydroxyl groups is 2. The Morgan fingerprint density at radius 3 is 2.32 bits per heavy atom. The largest absolute Gasteiger partial charge is 0.508 e. The number of fused-ring (bicyclic) bond motifs is 1. The van der Waals surface area contributed by atoms with Gasteiger partial charge in [-0.3, -0.25) is 0 Å². The molecule has 8 heteroatoms. The van der Waals surface area contributed by atoms with Crippen LogP contribution in [0.2, 0.25) is 0 Å². The highest BCUT2D eigenvalue weighted by Crippen LogP contribution is 2.38. The number of hydrogen-bond acceptors (Lipinski definition) is 7. The van der Waals surface area contributed by atoms with Crippen LogP contribution >= 0.6 is 0 Å². The SMILES string of the molecule is OC[C@H]1O[C@@H](Oc2cc3ccc(O)cc3[o+]c2-c2ccc(O)cc2)[C@@H](O)[C@@H]1O. The van der Waals surface area contributed by atoms with Crippen LogP contribution in [-0.2, 0) is 4.74 Å². The molecular formula is C20H19O8+. The highest BCUT2D eigenvalue weighted by molar-refractivity contribution is 5.83. The maximum absolute atomic E-state index is 10.2. The van der Waals surface area contributed by atoms with E-state index in [0.717, 1.165) is 0 Å². The van der Waals surface area contributed by atoms with E-state index in [1.165, 1.54) is 24.3 Å². The van der Waals surface area contributed by atoms with Crippen LogP contribution in [0.25, 0.3) is 22.3 Å². The van der Waals surface area contributed by atoms with E-state index >= 15 is 0 Å². The summed E-state index contributed by atoms with van der Waals surface area (Å²) in [7, 11) is 0. The fourth-order valence-corrected chi connectivity index (χ4v) is 3.09. The van der Waals surface area contributed by atoms with Gasteiger partial charge in [-0.25, -0.2) is 4.42 Å². The quantitative estimate of drug-likeness (QED) is 0.427. The minimum absolute atomic E-state index is 0.0324. The molecule has 1 aliphatic heterocycles. The summed E-state index contributed by atoms with van der Waals surface area (Å²) in [6.07, 6.45) is -4.83. The molecule has 0 unspecified atom stereocenters. The number of phenolic OH excluding ortho intramolecular Hbond substituents is 2. The monoisotopic (exact) mass is 387 g/mol. The highest BCUT2D eigenvalue weighted by Gasteiger charge is 2.45. The summed E-state index contributed by atoms with van der Waals surface area (Å²) in [5.41, 5.74) is 0.973. The van der Waals surface area contributed by atoms with Crippen LogP contribution in [0.5, 0.6) is 17.2 Å². The second kappa shape index (κ2) is 7.25. The van der Waals surface area contributed by atoms with Crippen molar-refractivity contribution >= 4 is 11.0 Å². The van der Waals surface area contributed by atoms with Gasteiger partial charge in [0.25, 0.3) is 0 Å². The zero-order chi connectivity index (χ0) is 19.8. The van der Waals surface area contributed by atoms with Crippen molar-refractivity contribution in [3.8, 4) is 28.6 Å². The maximum Gasteiger partial charge on any atom is 0.402 e. The lowest BCUT2D eigenvalue weighted by Crippen LogP contribution is -2.35. The molecule has 2 heterocycles. The Balaban J connectivity index is 1.78. The molecule has 0 radical (unpaired) electrons. The number of aliphatic hydroxyl groups excluding tert-OH is 3. The molecule has 2 aromatic carbocycles. The molecule has 0 amide bonds. The first-order valence-electron chi connectivity index (χ1n) is 8.64. The molecule has 4 rings (SSSR count). The van der Waals surface area contributed by atoms with E-state index in [1.807, 2.05) is 0 Å². The van der Waals surface area contributed by atoms with Crippen molar-refractivity contribution in [1.82, 2.24) is 0 Å². The van der Waals surface area contributed by atoms with Gasteiger partial charge in [0, 0.05) is 6.07 Å². The number of benzene rings is 2. The van der Waals surface area contributed by atoms with Crippen molar-refractivity contribution in [2.24, 2.45) is 0 Å². The molecule has 5 N–H and O–H groups in total. The van der Waals surface area contributed by atoms with Gasteiger partial charge in [-0.1, -0.05) is 0 Å². The van der Waals surface area contributed by atoms with Gasteiger partial charge in [0.1, 0.15) is 29.8 Å². The standard InChI is InChI=1S/C20H18O8/c21-9-16-17(24)18(25)20(28-16)27-15-7-11-3-6-13(23)8-14(11)26-19(15)10-1-4-12(22)5-2-10/h1-8,16-18,20-21,24-25H,9H2,(H-,22,23)/p+1/t16-,17-,18+,20-/m1/s1. The topological polar surface area (TPSA) is 131 Å². The summed E-state index contributed by atoms with van der Waals surface area (Å²) in [5, 5.41) is 49.2. The molecule has 3 aromatic rings. The number of rotatable bonds is 4. The molecule has 1 fully saturated rings. The third-order valence-electron chi connectivity index (χ3n) is 4.59. The van der Waals surface area contributed by atoms with Crippen LogP contribution in [0.3, 0.4) is 0 Å². The van der Waals surface area contributed by atoms with Crippen molar-refractivity contribution in [3.63, 3.8) is 0 Å². The van der Waals surface area contributed by atoms with E-state index < -0.39 is 31.2 Å².